The first-order chi connectivity index (χ1) is 7.54. The minimum absolute atomic E-state index is 0.0273. The van der Waals surface area contributed by atoms with Crippen molar-refractivity contribution in [3.63, 3.8) is 0 Å². The molecule has 0 fully saturated rings. The minimum atomic E-state index is 0.0273. The van der Waals surface area contributed by atoms with Crippen molar-refractivity contribution >= 4 is 17.3 Å². The second-order valence-electron chi connectivity index (χ2n) is 3.85. The topological polar surface area (TPSA) is 58.4 Å². The van der Waals surface area contributed by atoms with Crippen molar-refractivity contribution in [2.45, 2.75) is 13.8 Å². The summed E-state index contributed by atoms with van der Waals surface area (Å²) >= 11 is 0. The van der Waals surface area contributed by atoms with Gasteiger partial charge in [0, 0.05) is 25.0 Å². The van der Waals surface area contributed by atoms with E-state index >= 15 is 0 Å². The predicted molar refractivity (Wildman–Crippen MR) is 67.5 cm³/mol. The number of nitrogens with two attached hydrogens (primary N) is 1. The minimum Gasteiger partial charge on any atom is -0.399 e. The summed E-state index contributed by atoms with van der Waals surface area (Å²) in [6.45, 7) is 4.88. The molecule has 1 aromatic carbocycles. The van der Waals surface area contributed by atoms with E-state index in [1.54, 1.807) is 0 Å². The molecular weight excluding hydrogens is 202 g/mol. The zero-order chi connectivity index (χ0) is 12.1. The Morgan fingerprint density at radius 1 is 1.50 bits per heavy atom. The summed E-state index contributed by atoms with van der Waals surface area (Å²) in [5, 5.41) is 2.77. The number of likely N-dealkylation sites (N-methyl/N-ethyl adjacent to an activating group) is 2. The molecule has 0 bridgehead atoms. The molecule has 0 saturated carbocycles. The Balaban J connectivity index is 2.69. The molecule has 16 heavy (non-hydrogen) atoms. The van der Waals surface area contributed by atoms with E-state index in [0.29, 0.717) is 13.1 Å². The van der Waals surface area contributed by atoms with Crippen LogP contribution in [0.1, 0.15) is 12.5 Å². The van der Waals surface area contributed by atoms with Gasteiger partial charge in [0.1, 0.15) is 0 Å². The molecule has 1 aromatic rings. The molecule has 0 aromatic heterocycles. The van der Waals surface area contributed by atoms with Gasteiger partial charge in [-0.3, -0.25) is 4.79 Å². The molecule has 0 aliphatic heterocycles. The van der Waals surface area contributed by atoms with Crippen LogP contribution < -0.4 is 16.0 Å². The molecule has 88 valence electrons. The zero-order valence-electron chi connectivity index (χ0n) is 10.1. The van der Waals surface area contributed by atoms with Gasteiger partial charge in [-0.2, -0.15) is 0 Å². The van der Waals surface area contributed by atoms with E-state index in [1.807, 2.05) is 44.0 Å². The van der Waals surface area contributed by atoms with Crippen LogP contribution in [-0.2, 0) is 4.79 Å². The number of carbonyl (C=O) groups excluding carboxylic acids is 1. The number of amides is 1. The normalized spacial score (nSPS) is 9.94. The van der Waals surface area contributed by atoms with E-state index in [9.17, 15) is 4.79 Å². The molecule has 0 unspecified atom stereocenters. The summed E-state index contributed by atoms with van der Waals surface area (Å²) in [4.78, 5) is 13.3. The van der Waals surface area contributed by atoms with Gasteiger partial charge in [-0.25, -0.2) is 0 Å². The first-order valence-corrected chi connectivity index (χ1v) is 5.38. The Labute approximate surface area is 96.4 Å². The molecule has 0 aliphatic carbocycles. The molecule has 1 amide bonds. The van der Waals surface area contributed by atoms with Crippen LogP contribution in [0.15, 0.2) is 18.2 Å². The fourth-order valence-corrected chi connectivity index (χ4v) is 1.46. The van der Waals surface area contributed by atoms with Crippen molar-refractivity contribution in [2.75, 3.05) is 30.8 Å². The number of carbonyl (C=O) groups is 1. The van der Waals surface area contributed by atoms with Crippen LogP contribution >= 0.6 is 0 Å². The molecule has 0 aliphatic rings. The van der Waals surface area contributed by atoms with Gasteiger partial charge in [0.2, 0.25) is 5.91 Å². The summed E-state index contributed by atoms with van der Waals surface area (Å²) in [7, 11) is 1.89. The van der Waals surface area contributed by atoms with E-state index in [1.165, 1.54) is 0 Å². The first-order valence-electron chi connectivity index (χ1n) is 5.38. The third kappa shape index (κ3) is 3.15. The van der Waals surface area contributed by atoms with Crippen LogP contribution in [0.4, 0.5) is 11.4 Å². The number of hydrogen-bond donors (Lipinski definition) is 2. The molecule has 0 atom stereocenters. The number of nitrogens with one attached hydrogen (secondary N) is 1. The van der Waals surface area contributed by atoms with Crippen LogP contribution in [0.25, 0.3) is 0 Å². The second kappa shape index (κ2) is 5.39. The average molecular weight is 221 g/mol. The number of hydrogen-bond acceptors (Lipinski definition) is 3. The lowest BCUT2D eigenvalue weighted by Gasteiger charge is -2.19. The highest BCUT2D eigenvalue weighted by molar-refractivity contribution is 5.81. The molecule has 0 spiro atoms. The lowest BCUT2D eigenvalue weighted by atomic mass is 10.1. The SMILES string of the molecule is CCNC(=O)CN(C)c1ccc(N)c(C)c1. The van der Waals surface area contributed by atoms with Gasteiger partial charge < -0.3 is 16.0 Å². The molecule has 4 heteroatoms. The number of anilines is 2. The Morgan fingerprint density at radius 3 is 2.75 bits per heavy atom. The lowest BCUT2D eigenvalue weighted by molar-refractivity contribution is -0.119. The summed E-state index contributed by atoms with van der Waals surface area (Å²) in [6, 6.07) is 5.76. The quantitative estimate of drug-likeness (QED) is 0.750. The Bertz CT molecular complexity index is 377. The molecular formula is C12H19N3O. The smallest absolute Gasteiger partial charge is 0.239 e. The number of benzene rings is 1. The summed E-state index contributed by atoms with van der Waals surface area (Å²) in [6.07, 6.45) is 0. The average Bonchev–Trinajstić information content (AvgIpc) is 2.22. The number of aryl methyl sites for hydroxylation is 1. The van der Waals surface area contributed by atoms with Crippen LogP contribution in [0, 0.1) is 6.92 Å². The molecule has 0 radical (unpaired) electrons. The van der Waals surface area contributed by atoms with Gasteiger partial charge in [0.25, 0.3) is 0 Å². The molecule has 0 heterocycles. The third-order valence-corrected chi connectivity index (χ3v) is 2.45. The van der Waals surface area contributed by atoms with Gasteiger partial charge in [-0.15, -0.1) is 0 Å². The van der Waals surface area contributed by atoms with Gasteiger partial charge in [-0.1, -0.05) is 0 Å². The third-order valence-electron chi connectivity index (χ3n) is 2.45. The maximum atomic E-state index is 11.4. The lowest BCUT2D eigenvalue weighted by Crippen LogP contribution is -2.34. The first kappa shape index (κ1) is 12.4. The maximum Gasteiger partial charge on any atom is 0.239 e. The fourth-order valence-electron chi connectivity index (χ4n) is 1.46. The van der Waals surface area contributed by atoms with Gasteiger partial charge in [0.05, 0.1) is 6.54 Å². The Morgan fingerprint density at radius 2 is 2.19 bits per heavy atom. The molecule has 4 nitrogen and oxygen atoms in total. The van der Waals surface area contributed by atoms with Gasteiger partial charge >= 0.3 is 0 Å². The van der Waals surface area contributed by atoms with Gasteiger partial charge in [-0.05, 0) is 37.6 Å². The fraction of sp³-hybridized carbons (Fsp3) is 0.417. The van der Waals surface area contributed by atoms with Crippen molar-refractivity contribution in [2.24, 2.45) is 0 Å². The van der Waals surface area contributed by atoms with E-state index < -0.39 is 0 Å². The Kier molecular flexibility index (Phi) is 4.17. The molecule has 0 saturated heterocycles. The molecule has 3 N–H and O–H groups in total. The highest BCUT2D eigenvalue weighted by Crippen LogP contribution is 2.19. The van der Waals surface area contributed by atoms with Crippen LogP contribution in [0.3, 0.4) is 0 Å². The largest absolute Gasteiger partial charge is 0.399 e. The summed E-state index contributed by atoms with van der Waals surface area (Å²) in [5.74, 6) is 0.0273. The van der Waals surface area contributed by atoms with Crippen molar-refractivity contribution in [3.05, 3.63) is 23.8 Å². The van der Waals surface area contributed by atoms with Crippen LogP contribution in [-0.4, -0.2) is 26.0 Å². The summed E-state index contributed by atoms with van der Waals surface area (Å²) < 4.78 is 0. The second-order valence-corrected chi connectivity index (χ2v) is 3.85. The zero-order valence-corrected chi connectivity index (χ0v) is 10.1. The summed E-state index contributed by atoms with van der Waals surface area (Å²) in [5.41, 5.74) is 8.54. The predicted octanol–water partition coefficient (Wildman–Crippen LogP) is 1.15. The van der Waals surface area contributed by atoms with Crippen molar-refractivity contribution in [3.8, 4) is 0 Å². The molecule has 1 rings (SSSR count). The van der Waals surface area contributed by atoms with Crippen LogP contribution in [0.2, 0.25) is 0 Å². The number of rotatable bonds is 4. The monoisotopic (exact) mass is 221 g/mol. The van der Waals surface area contributed by atoms with Gasteiger partial charge in [0.15, 0.2) is 0 Å². The van der Waals surface area contributed by atoms with E-state index in [0.717, 1.165) is 16.9 Å². The van der Waals surface area contributed by atoms with Crippen molar-refractivity contribution in [1.29, 1.82) is 0 Å². The Hall–Kier alpha value is -1.71. The standard InChI is InChI=1S/C12H19N3O/c1-4-14-12(16)8-15(3)10-5-6-11(13)9(2)7-10/h5-7H,4,8,13H2,1-3H3,(H,14,16). The van der Waals surface area contributed by atoms with E-state index in [4.69, 9.17) is 5.73 Å². The maximum absolute atomic E-state index is 11.4. The van der Waals surface area contributed by atoms with E-state index in [-0.39, 0.29) is 5.91 Å². The van der Waals surface area contributed by atoms with E-state index in [2.05, 4.69) is 5.32 Å². The van der Waals surface area contributed by atoms with Crippen molar-refractivity contribution in [1.82, 2.24) is 5.32 Å². The van der Waals surface area contributed by atoms with Crippen LogP contribution in [0.5, 0.6) is 0 Å². The van der Waals surface area contributed by atoms with Crippen molar-refractivity contribution < 1.29 is 4.79 Å². The highest BCUT2D eigenvalue weighted by Gasteiger charge is 2.07. The highest BCUT2D eigenvalue weighted by atomic mass is 16.1. The number of nitrogen functional groups attached to an aromatic ring is 1. The number of nitrogens with zero attached hydrogens (tertiary/aromatic N) is 1.